The van der Waals surface area contributed by atoms with E-state index in [1.54, 1.807) is 7.11 Å². The Kier molecular flexibility index (Phi) is 4.94. The van der Waals surface area contributed by atoms with Gasteiger partial charge in [0.25, 0.3) is 0 Å². The van der Waals surface area contributed by atoms with Crippen molar-refractivity contribution in [1.29, 1.82) is 0 Å². The second-order valence-electron chi connectivity index (χ2n) is 2.44. The van der Waals surface area contributed by atoms with Crippen molar-refractivity contribution in [1.82, 2.24) is 0 Å². The minimum absolute atomic E-state index is 0.0184. The summed E-state index contributed by atoms with van der Waals surface area (Å²) in [5.74, 6) is -0.244. The van der Waals surface area contributed by atoms with Gasteiger partial charge in [0.05, 0.1) is 0 Å². The Morgan fingerprint density at radius 1 is 1.70 bits per heavy atom. The largest absolute Gasteiger partial charge is 0.385 e. The van der Waals surface area contributed by atoms with E-state index in [4.69, 9.17) is 10.5 Å². The highest BCUT2D eigenvalue weighted by atomic mass is 16.5. The van der Waals surface area contributed by atoms with Gasteiger partial charge < -0.3 is 10.5 Å². The highest BCUT2D eigenvalue weighted by Gasteiger charge is 2.06. The van der Waals surface area contributed by atoms with Gasteiger partial charge in [-0.05, 0) is 12.8 Å². The molecule has 1 atom stereocenters. The molecular weight excluding hydrogens is 130 g/mol. The van der Waals surface area contributed by atoms with Crippen molar-refractivity contribution in [2.24, 2.45) is 11.7 Å². The van der Waals surface area contributed by atoms with E-state index in [1.807, 2.05) is 6.92 Å². The molecule has 0 radical (unpaired) electrons. The highest BCUT2D eigenvalue weighted by Crippen LogP contribution is 2.03. The number of hydrogen-bond acceptors (Lipinski definition) is 2. The van der Waals surface area contributed by atoms with Crippen LogP contribution in [-0.2, 0) is 9.53 Å². The summed E-state index contributed by atoms with van der Waals surface area (Å²) in [6, 6.07) is 0. The van der Waals surface area contributed by atoms with E-state index in [9.17, 15) is 4.79 Å². The molecular formula is C7H15NO2. The van der Waals surface area contributed by atoms with Gasteiger partial charge in [0.2, 0.25) is 5.91 Å². The second-order valence-corrected chi connectivity index (χ2v) is 2.44. The quantitative estimate of drug-likeness (QED) is 0.574. The third-order valence-electron chi connectivity index (χ3n) is 1.47. The summed E-state index contributed by atoms with van der Waals surface area (Å²) in [4.78, 5) is 10.5. The molecule has 1 amide bonds. The number of primary amides is 1. The standard InChI is InChI=1S/C7H15NO2/c1-6(7(8)9)4-3-5-10-2/h6H,3-5H2,1-2H3,(H2,8,9)/t6-/m0/s1. The molecule has 0 aromatic rings. The van der Waals surface area contributed by atoms with Crippen LogP contribution in [0.25, 0.3) is 0 Å². The Labute approximate surface area is 61.5 Å². The van der Waals surface area contributed by atoms with Crippen molar-refractivity contribution in [3.63, 3.8) is 0 Å². The Hall–Kier alpha value is -0.570. The fourth-order valence-corrected chi connectivity index (χ4v) is 0.676. The van der Waals surface area contributed by atoms with Crippen molar-refractivity contribution in [3.05, 3.63) is 0 Å². The molecule has 0 saturated carbocycles. The molecule has 0 aliphatic heterocycles. The molecule has 0 heterocycles. The third kappa shape index (κ3) is 4.32. The van der Waals surface area contributed by atoms with Gasteiger partial charge in [-0.25, -0.2) is 0 Å². The number of carbonyl (C=O) groups is 1. The van der Waals surface area contributed by atoms with Gasteiger partial charge in [-0.3, -0.25) is 4.79 Å². The van der Waals surface area contributed by atoms with E-state index in [0.29, 0.717) is 6.61 Å². The lowest BCUT2D eigenvalue weighted by atomic mass is 10.1. The molecule has 0 bridgehead atoms. The van der Waals surface area contributed by atoms with E-state index < -0.39 is 0 Å². The predicted octanol–water partition coefficient (Wildman–Crippen LogP) is 0.534. The summed E-state index contributed by atoms with van der Waals surface area (Å²) >= 11 is 0. The fourth-order valence-electron chi connectivity index (χ4n) is 0.676. The summed E-state index contributed by atoms with van der Waals surface area (Å²) < 4.78 is 4.82. The van der Waals surface area contributed by atoms with Crippen LogP contribution in [0, 0.1) is 5.92 Å². The minimum Gasteiger partial charge on any atom is -0.385 e. The number of methoxy groups -OCH3 is 1. The smallest absolute Gasteiger partial charge is 0.220 e. The maximum absolute atomic E-state index is 10.5. The number of nitrogens with two attached hydrogens (primary N) is 1. The Bertz CT molecular complexity index is 104. The average molecular weight is 145 g/mol. The fraction of sp³-hybridized carbons (Fsp3) is 0.857. The van der Waals surface area contributed by atoms with Gasteiger partial charge in [-0.1, -0.05) is 6.92 Å². The summed E-state index contributed by atoms with van der Waals surface area (Å²) in [6.07, 6.45) is 1.73. The molecule has 0 rings (SSSR count). The molecule has 3 heteroatoms. The van der Waals surface area contributed by atoms with Crippen molar-refractivity contribution in [2.75, 3.05) is 13.7 Å². The van der Waals surface area contributed by atoms with Gasteiger partial charge in [0.1, 0.15) is 0 Å². The second kappa shape index (κ2) is 5.23. The lowest BCUT2D eigenvalue weighted by molar-refractivity contribution is -0.121. The van der Waals surface area contributed by atoms with Crippen molar-refractivity contribution >= 4 is 5.91 Å². The predicted molar refractivity (Wildman–Crippen MR) is 39.5 cm³/mol. The summed E-state index contributed by atoms with van der Waals surface area (Å²) in [5, 5.41) is 0. The third-order valence-corrected chi connectivity index (χ3v) is 1.47. The van der Waals surface area contributed by atoms with E-state index in [-0.39, 0.29) is 11.8 Å². The average Bonchev–Trinajstić information content (AvgIpc) is 1.88. The summed E-state index contributed by atoms with van der Waals surface area (Å²) in [5.41, 5.74) is 5.04. The van der Waals surface area contributed by atoms with Crippen LogP contribution in [-0.4, -0.2) is 19.6 Å². The Morgan fingerprint density at radius 2 is 2.30 bits per heavy atom. The first-order valence-electron chi connectivity index (χ1n) is 3.46. The van der Waals surface area contributed by atoms with E-state index in [1.165, 1.54) is 0 Å². The van der Waals surface area contributed by atoms with Crippen LogP contribution in [0.15, 0.2) is 0 Å². The lowest BCUT2D eigenvalue weighted by Crippen LogP contribution is -2.20. The number of hydrogen-bond donors (Lipinski definition) is 1. The number of carbonyl (C=O) groups excluding carboxylic acids is 1. The summed E-state index contributed by atoms with van der Waals surface area (Å²) in [6.45, 7) is 2.54. The maximum atomic E-state index is 10.5. The molecule has 0 aliphatic rings. The van der Waals surface area contributed by atoms with Crippen LogP contribution in [0.1, 0.15) is 19.8 Å². The zero-order valence-electron chi connectivity index (χ0n) is 6.59. The number of amides is 1. The number of rotatable bonds is 5. The van der Waals surface area contributed by atoms with Gasteiger partial charge in [0.15, 0.2) is 0 Å². The van der Waals surface area contributed by atoms with Crippen LogP contribution in [0.5, 0.6) is 0 Å². The van der Waals surface area contributed by atoms with Crippen LogP contribution in [0.2, 0.25) is 0 Å². The van der Waals surface area contributed by atoms with Crippen LogP contribution < -0.4 is 5.73 Å². The van der Waals surface area contributed by atoms with Gasteiger partial charge in [0, 0.05) is 19.6 Å². The Balaban J connectivity index is 3.21. The monoisotopic (exact) mass is 145 g/mol. The van der Waals surface area contributed by atoms with E-state index in [0.717, 1.165) is 12.8 Å². The first kappa shape index (κ1) is 9.43. The van der Waals surface area contributed by atoms with Gasteiger partial charge in [-0.2, -0.15) is 0 Å². The molecule has 0 aliphatic carbocycles. The van der Waals surface area contributed by atoms with Crippen LogP contribution in [0.3, 0.4) is 0 Å². The van der Waals surface area contributed by atoms with E-state index in [2.05, 4.69) is 0 Å². The Morgan fingerprint density at radius 3 is 2.70 bits per heavy atom. The van der Waals surface area contributed by atoms with Crippen LogP contribution in [0.4, 0.5) is 0 Å². The topological polar surface area (TPSA) is 52.3 Å². The molecule has 0 aromatic carbocycles. The highest BCUT2D eigenvalue weighted by molar-refractivity contribution is 5.76. The zero-order valence-corrected chi connectivity index (χ0v) is 6.59. The zero-order chi connectivity index (χ0) is 7.98. The molecule has 0 fully saturated rings. The molecule has 60 valence electrons. The van der Waals surface area contributed by atoms with Crippen molar-refractivity contribution in [2.45, 2.75) is 19.8 Å². The lowest BCUT2D eigenvalue weighted by Gasteiger charge is -2.04. The molecule has 0 saturated heterocycles. The first-order valence-corrected chi connectivity index (χ1v) is 3.46. The molecule has 0 spiro atoms. The normalized spacial score (nSPS) is 13.0. The van der Waals surface area contributed by atoms with Crippen molar-refractivity contribution < 1.29 is 9.53 Å². The minimum atomic E-state index is -0.226. The molecule has 0 unspecified atom stereocenters. The number of ether oxygens (including phenoxy) is 1. The molecule has 3 nitrogen and oxygen atoms in total. The van der Waals surface area contributed by atoms with Crippen LogP contribution >= 0.6 is 0 Å². The molecule has 0 aromatic heterocycles. The maximum Gasteiger partial charge on any atom is 0.220 e. The SMILES string of the molecule is COCCC[C@H](C)C(N)=O. The molecule has 2 N–H and O–H groups in total. The van der Waals surface area contributed by atoms with Crippen molar-refractivity contribution in [3.8, 4) is 0 Å². The summed E-state index contributed by atoms with van der Waals surface area (Å²) in [7, 11) is 1.65. The van der Waals surface area contributed by atoms with Gasteiger partial charge >= 0.3 is 0 Å². The first-order chi connectivity index (χ1) is 4.68. The van der Waals surface area contributed by atoms with Gasteiger partial charge in [-0.15, -0.1) is 0 Å². The molecule has 10 heavy (non-hydrogen) atoms. The van der Waals surface area contributed by atoms with E-state index >= 15 is 0 Å².